The van der Waals surface area contributed by atoms with E-state index >= 15 is 0 Å². The normalized spacial score (nSPS) is 12.2. The molecule has 2 aromatic rings. The lowest BCUT2D eigenvalue weighted by Crippen LogP contribution is -2.27. The van der Waals surface area contributed by atoms with Crippen molar-refractivity contribution in [2.75, 3.05) is 6.61 Å². The van der Waals surface area contributed by atoms with Gasteiger partial charge in [0.25, 0.3) is 11.6 Å². The van der Waals surface area contributed by atoms with Crippen molar-refractivity contribution in [1.82, 2.24) is 5.32 Å². The van der Waals surface area contributed by atoms with Crippen LogP contribution in [0.1, 0.15) is 51.7 Å². The number of halogens is 3. The number of nitro benzene ring substituents is 1. The maximum absolute atomic E-state index is 12.9. The topological polar surface area (TPSA) is 98.5 Å². The zero-order chi connectivity index (χ0) is 21.8. The molecule has 1 N–H and O–H groups in total. The Labute approximate surface area is 163 Å². The van der Waals surface area contributed by atoms with Gasteiger partial charge in [-0.1, -0.05) is 12.1 Å². The molecule has 0 aliphatic carbocycles. The van der Waals surface area contributed by atoms with Crippen LogP contribution in [-0.2, 0) is 10.9 Å². The maximum atomic E-state index is 12.9. The molecule has 1 atom stereocenters. The molecule has 0 heterocycles. The van der Waals surface area contributed by atoms with Gasteiger partial charge >= 0.3 is 12.1 Å². The zero-order valence-electron chi connectivity index (χ0n) is 15.4. The van der Waals surface area contributed by atoms with E-state index in [9.17, 15) is 32.9 Å². The molecular formula is C19H17F3N2O5. The van der Waals surface area contributed by atoms with Gasteiger partial charge in [0.2, 0.25) is 0 Å². The molecule has 29 heavy (non-hydrogen) atoms. The summed E-state index contributed by atoms with van der Waals surface area (Å²) in [6, 6.07) is 6.69. The fourth-order valence-electron chi connectivity index (χ4n) is 2.53. The van der Waals surface area contributed by atoms with Gasteiger partial charge in [0.05, 0.1) is 28.7 Å². The monoisotopic (exact) mass is 410 g/mol. The summed E-state index contributed by atoms with van der Waals surface area (Å²) in [6.45, 7) is 3.06. The minimum absolute atomic E-state index is 0.0373. The number of nitrogens with zero attached hydrogens (tertiary/aromatic N) is 1. The molecule has 0 aliphatic rings. The van der Waals surface area contributed by atoms with E-state index in [0.717, 1.165) is 30.3 Å². The van der Waals surface area contributed by atoms with Crippen molar-refractivity contribution in [3.63, 3.8) is 0 Å². The van der Waals surface area contributed by atoms with Crippen LogP contribution < -0.4 is 5.32 Å². The van der Waals surface area contributed by atoms with E-state index in [4.69, 9.17) is 4.74 Å². The molecular weight excluding hydrogens is 393 g/mol. The number of nitro groups is 1. The van der Waals surface area contributed by atoms with Crippen molar-refractivity contribution in [2.24, 2.45) is 0 Å². The summed E-state index contributed by atoms with van der Waals surface area (Å²) >= 11 is 0. The smallest absolute Gasteiger partial charge is 0.416 e. The molecule has 0 saturated carbocycles. The van der Waals surface area contributed by atoms with Crippen LogP contribution in [0.2, 0.25) is 0 Å². The van der Waals surface area contributed by atoms with Gasteiger partial charge in [-0.15, -0.1) is 0 Å². The summed E-state index contributed by atoms with van der Waals surface area (Å²) < 4.78 is 43.4. The molecule has 1 amide bonds. The minimum Gasteiger partial charge on any atom is -0.462 e. The number of benzene rings is 2. The Bertz CT molecular complexity index is 944. The largest absolute Gasteiger partial charge is 0.462 e. The zero-order valence-corrected chi connectivity index (χ0v) is 15.4. The number of amides is 1. The highest BCUT2D eigenvalue weighted by atomic mass is 19.4. The van der Waals surface area contributed by atoms with Crippen LogP contribution in [0.25, 0.3) is 0 Å². The first-order valence-electron chi connectivity index (χ1n) is 8.47. The third-order valence-electron chi connectivity index (χ3n) is 3.96. The van der Waals surface area contributed by atoms with Gasteiger partial charge in [0.15, 0.2) is 0 Å². The lowest BCUT2D eigenvalue weighted by Gasteiger charge is -2.16. The summed E-state index contributed by atoms with van der Waals surface area (Å²) in [5, 5.41) is 13.6. The van der Waals surface area contributed by atoms with Crippen LogP contribution in [0.3, 0.4) is 0 Å². The summed E-state index contributed by atoms with van der Waals surface area (Å²) in [5.41, 5.74) is -1.54. The van der Waals surface area contributed by atoms with Gasteiger partial charge in [-0.05, 0) is 37.6 Å². The van der Waals surface area contributed by atoms with Crippen molar-refractivity contribution in [1.29, 1.82) is 0 Å². The first-order valence-corrected chi connectivity index (χ1v) is 8.47. The Hall–Kier alpha value is -3.43. The number of esters is 1. The lowest BCUT2D eigenvalue weighted by molar-refractivity contribution is -0.384. The second kappa shape index (κ2) is 8.72. The van der Waals surface area contributed by atoms with E-state index in [-0.39, 0.29) is 23.3 Å². The van der Waals surface area contributed by atoms with Crippen LogP contribution in [-0.4, -0.2) is 23.4 Å². The Morgan fingerprint density at radius 3 is 2.41 bits per heavy atom. The Balaban J connectivity index is 2.30. The number of hydrogen-bond donors (Lipinski definition) is 1. The Kier molecular flexibility index (Phi) is 6.57. The standard InChI is InChI=1S/C19H17F3N2O5/c1-3-29-18(26)14-7-13(9-16(10-14)24(27)28)17(25)23-11(2)12-5-4-6-15(8-12)19(20,21)22/h4-11H,3H2,1-2H3,(H,23,25). The molecule has 0 spiro atoms. The van der Waals surface area contributed by atoms with E-state index < -0.39 is 40.3 Å². The maximum Gasteiger partial charge on any atom is 0.416 e. The Morgan fingerprint density at radius 2 is 1.83 bits per heavy atom. The van der Waals surface area contributed by atoms with E-state index in [2.05, 4.69) is 5.32 Å². The highest BCUT2D eigenvalue weighted by Gasteiger charge is 2.31. The number of rotatable bonds is 6. The van der Waals surface area contributed by atoms with Gasteiger partial charge in [0, 0.05) is 17.7 Å². The van der Waals surface area contributed by atoms with Crippen LogP contribution in [0, 0.1) is 10.1 Å². The van der Waals surface area contributed by atoms with Crippen molar-refractivity contribution in [3.8, 4) is 0 Å². The molecule has 0 fully saturated rings. The molecule has 154 valence electrons. The second-order valence-electron chi connectivity index (χ2n) is 6.06. The predicted octanol–water partition coefficient (Wildman–Crippen LogP) is 4.28. The number of alkyl halides is 3. The molecule has 0 aromatic heterocycles. The summed E-state index contributed by atoms with van der Waals surface area (Å²) in [6.07, 6.45) is -4.53. The second-order valence-corrected chi connectivity index (χ2v) is 6.06. The van der Waals surface area contributed by atoms with E-state index in [1.165, 1.54) is 19.1 Å². The van der Waals surface area contributed by atoms with Crippen LogP contribution >= 0.6 is 0 Å². The molecule has 0 bridgehead atoms. The molecule has 0 aliphatic heterocycles. The SMILES string of the molecule is CCOC(=O)c1cc(C(=O)NC(C)c2cccc(C(F)(F)F)c2)cc([N+](=O)[O-])c1. The van der Waals surface area contributed by atoms with Gasteiger partial charge in [-0.25, -0.2) is 4.79 Å². The third kappa shape index (κ3) is 5.53. The lowest BCUT2D eigenvalue weighted by atomic mass is 10.0. The van der Waals surface area contributed by atoms with E-state index in [1.807, 2.05) is 0 Å². The molecule has 1 unspecified atom stereocenters. The third-order valence-corrected chi connectivity index (χ3v) is 3.96. The summed E-state index contributed by atoms with van der Waals surface area (Å²) in [4.78, 5) is 34.7. The van der Waals surface area contributed by atoms with E-state index in [0.29, 0.717) is 0 Å². The highest BCUT2D eigenvalue weighted by molar-refractivity contribution is 5.99. The van der Waals surface area contributed by atoms with Crippen molar-refractivity contribution in [3.05, 3.63) is 74.8 Å². The van der Waals surface area contributed by atoms with E-state index in [1.54, 1.807) is 6.92 Å². The average Bonchev–Trinajstić information content (AvgIpc) is 2.67. The highest BCUT2D eigenvalue weighted by Crippen LogP contribution is 2.30. The molecule has 2 rings (SSSR count). The van der Waals surface area contributed by atoms with Crippen molar-refractivity contribution < 1.29 is 32.4 Å². The number of nitrogens with one attached hydrogen (secondary N) is 1. The van der Waals surface area contributed by atoms with Gasteiger partial charge in [0.1, 0.15) is 0 Å². The molecule has 10 heteroatoms. The summed E-state index contributed by atoms with van der Waals surface area (Å²) in [5.74, 6) is -1.62. The molecule has 7 nitrogen and oxygen atoms in total. The van der Waals surface area contributed by atoms with Crippen molar-refractivity contribution in [2.45, 2.75) is 26.1 Å². The number of ether oxygens (including phenoxy) is 1. The number of carbonyl (C=O) groups excluding carboxylic acids is 2. The van der Waals surface area contributed by atoms with Crippen molar-refractivity contribution >= 4 is 17.6 Å². The molecule has 2 aromatic carbocycles. The number of carbonyl (C=O) groups is 2. The predicted molar refractivity (Wildman–Crippen MR) is 96.4 cm³/mol. The Morgan fingerprint density at radius 1 is 1.17 bits per heavy atom. The number of hydrogen-bond acceptors (Lipinski definition) is 5. The van der Waals surface area contributed by atoms with Gasteiger partial charge < -0.3 is 10.1 Å². The van der Waals surface area contributed by atoms with Gasteiger partial charge in [-0.2, -0.15) is 13.2 Å². The minimum atomic E-state index is -4.53. The van der Waals surface area contributed by atoms with Crippen LogP contribution in [0.4, 0.5) is 18.9 Å². The average molecular weight is 410 g/mol. The fraction of sp³-hybridized carbons (Fsp3) is 0.263. The molecule has 0 saturated heterocycles. The molecule has 0 radical (unpaired) electrons. The van der Waals surface area contributed by atoms with Crippen LogP contribution in [0.15, 0.2) is 42.5 Å². The first kappa shape index (κ1) is 21.9. The van der Waals surface area contributed by atoms with Crippen LogP contribution in [0.5, 0.6) is 0 Å². The first-order chi connectivity index (χ1) is 13.5. The van der Waals surface area contributed by atoms with Gasteiger partial charge in [-0.3, -0.25) is 14.9 Å². The fourth-order valence-corrected chi connectivity index (χ4v) is 2.53. The summed E-state index contributed by atoms with van der Waals surface area (Å²) in [7, 11) is 0. The number of non-ortho nitro benzene ring substituents is 1. The quantitative estimate of drug-likeness (QED) is 0.435.